The molecule has 4 nitrogen and oxygen atoms in total. The molecule has 0 amide bonds. The molecule has 0 aromatic carbocycles. The first-order valence-electron chi connectivity index (χ1n) is 9.20. The normalized spacial score (nSPS) is 10.8. The maximum atomic E-state index is 9.10. The van der Waals surface area contributed by atoms with Crippen LogP contribution in [0.1, 0.15) is 79.1 Å². The molecular formula is C18H38O4P. The van der Waals surface area contributed by atoms with E-state index in [2.05, 4.69) is 27.7 Å². The second-order valence-electron chi connectivity index (χ2n) is 6.26. The second-order valence-corrected chi connectivity index (χ2v) is 10.7. The van der Waals surface area contributed by atoms with Crippen molar-refractivity contribution in [2.24, 2.45) is 0 Å². The standard InChI is InChI=1S/C16H36P.C2H2O4/c1-5-9-13-17(14-10-6-2,15-11-7-3)16-12-8-4;3-1(4)2(5)6/h5-16H2,1-4H3;(H,3,4)(H,5,6). The lowest BCUT2D eigenvalue weighted by Gasteiger charge is -2.37. The highest BCUT2D eigenvalue weighted by Crippen LogP contribution is 2.61. The van der Waals surface area contributed by atoms with Crippen molar-refractivity contribution >= 4 is 19.2 Å². The number of rotatable bonds is 12. The van der Waals surface area contributed by atoms with Crippen LogP contribution in [0.4, 0.5) is 0 Å². The number of carboxylic acids is 2. The molecule has 0 aromatic heterocycles. The maximum absolute atomic E-state index is 9.10. The average molecular weight is 349 g/mol. The number of carboxylic acid groups (broad SMARTS) is 2. The molecule has 23 heavy (non-hydrogen) atoms. The Morgan fingerprint density at radius 3 is 0.957 bits per heavy atom. The quantitative estimate of drug-likeness (QED) is 0.367. The van der Waals surface area contributed by atoms with Crippen molar-refractivity contribution in [3.8, 4) is 0 Å². The lowest BCUT2D eigenvalue weighted by Crippen LogP contribution is -2.12. The molecule has 5 heteroatoms. The van der Waals surface area contributed by atoms with Crippen LogP contribution in [-0.4, -0.2) is 46.8 Å². The van der Waals surface area contributed by atoms with Gasteiger partial charge in [0.15, 0.2) is 0 Å². The molecule has 0 saturated heterocycles. The molecular weight excluding hydrogens is 311 g/mol. The SMILES string of the molecule is CCCC[P](CCCC)(CCCC)CCCC.O=C(O)C(=O)O. The molecule has 139 valence electrons. The van der Waals surface area contributed by atoms with Gasteiger partial charge in [-0.1, -0.05) is 53.4 Å². The summed E-state index contributed by atoms with van der Waals surface area (Å²) in [5.41, 5.74) is 0. The summed E-state index contributed by atoms with van der Waals surface area (Å²) >= 11 is 0. The molecule has 0 fully saturated rings. The summed E-state index contributed by atoms with van der Waals surface area (Å²) in [4.78, 5) is 18.2. The van der Waals surface area contributed by atoms with E-state index in [1.54, 1.807) is 24.6 Å². The second kappa shape index (κ2) is 16.2. The van der Waals surface area contributed by atoms with Gasteiger partial charge in [0, 0.05) is 0 Å². The van der Waals surface area contributed by atoms with Gasteiger partial charge in [0.2, 0.25) is 0 Å². The highest BCUT2D eigenvalue weighted by molar-refractivity contribution is 7.75. The van der Waals surface area contributed by atoms with Crippen LogP contribution in [0.15, 0.2) is 0 Å². The molecule has 0 unspecified atom stereocenters. The van der Waals surface area contributed by atoms with Crippen molar-refractivity contribution in [2.45, 2.75) is 79.1 Å². The Bertz CT molecular complexity index is 256. The summed E-state index contributed by atoms with van der Waals surface area (Å²) in [6.45, 7) is 9.42. The molecule has 0 aliphatic rings. The lowest BCUT2D eigenvalue weighted by molar-refractivity contribution is -0.159. The molecule has 0 atom stereocenters. The molecule has 0 saturated carbocycles. The van der Waals surface area contributed by atoms with Crippen LogP contribution in [0.25, 0.3) is 0 Å². The Labute approximate surface area is 143 Å². The van der Waals surface area contributed by atoms with E-state index in [4.69, 9.17) is 19.8 Å². The van der Waals surface area contributed by atoms with Gasteiger partial charge in [-0.3, -0.25) is 0 Å². The number of unbranched alkanes of at least 4 members (excludes halogenated alkanes) is 4. The molecule has 0 aliphatic heterocycles. The van der Waals surface area contributed by atoms with Crippen LogP contribution in [-0.2, 0) is 9.59 Å². The number of carbonyl (C=O) groups is 2. The fourth-order valence-electron chi connectivity index (χ4n) is 2.64. The van der Waals surface area contributed by atoms with E-state index in [1.807, 2.05) is 0 Å². The summed E-state index contributed by atoms with van der Waals surface area (Å²) in [5.74, 6) is -3.65. The van der Waals surface area contributed by atoms with Gasteiger partial charge in [-0.25, -0.2) is 9.59 Å². The van der Waals surface area contributed by atoms with Crippen molar-refractivity contribution < 1.29 is 19.8 Å². The van der Waals surface area contributed by atoms with Crippen LogP contribution in [0, 0.1) is 0 Å². The number of hydrogen-bond acceptors (Lipinski definition) is 2. The van der Waals surface area contributed by atoms with Crippen molar-refractivity contribution in [3.05, 3.63) is 0 Å². The molecule has 2 N–H and O–H groups in total. The summed E-state index contributed by atoms with van der Waals surface area (Å²) in [6, 6.07) is 0. The fraction of sp³-hybridized carbons (Fsp3) is 0.889. The molecule has 0 rings (SSSR count). The zero-order chi connectivity index (χ0) is 18.1. The third kappa shape index (κ3) is 14.7. The van der Waals surface area contributed by atoms with E-state index in [-0.39, 0.29) is 0 Å². The summed E-state index contributed by atoms with van der Waals surface area (Å²) in [6.07, 6.45) is 17.9. The Morgan fingerprint density at radius 2 is 0.826 bits per heavy atom. The zero-order valence-corrected chi connectivity index (χ0v) is 16.5. The zero-order valence-electron chi connectivity index (χ0n) is 15.6. The predicted octanol–water partition coefficient (Wildman–Crippen LogP) is 5.36. The molecule has 1 radical (unpaired) electrons. The third-order valence-corrected chi connectivity index (χ3v) is 9.19. The van der Waals surface area contributed by atoms with Gasteiger partial charge in [-0.05, 0) is 50.3 Å². The fourth-order valence-corrected chi connectivity index (χ4v) is 7.93. The largest absolute Gasteiger partial charge is 0.473 e. The van der Waals surface area contributed by atoms with Crippen molar-refractivity contribution in [1.82, 2.24) is 0 Å². The maximum Gasteiger partial charge on any atom is 0.414 e. The Morgan fingerprint density at radius 1 is 0.609 bits per heavy atom. The topological polar surface area (TPSA) is 74.6 Å². The minimum absolute atomic E-state index is 0.562. The van der Waals surface area contributed by atoms with Crippen LogP contribution in [0.5, 0.6) is 0 Å². The highest BCUT2D eigenvalue weighted by Gasteiger charge is 2.24. The minimum Gasteiger partial charge on any atom is -0.473 e. The van der Waals surface area contributed by atoms with Crippen LogP contribution >= 0.6 is 7.26 Å². The molecule has 0 aromatic rings. The summed E-state index contributed by atoms with van der Waals surface area (Å²) in [5, 5.41) is 14.8. The Balaban J connectivity index is 0. The first-order chi connectivity index (χ1) is 10.9. The van der Waals surface area contributed by atoms with E-state index < -0.39 is 19.2 Å². The van der Waals surface area contributed by atoms with Gasteiger partial charge in [-0.2, -0.15) is 0 Å². The van der Waals surface area contributed by atoms with Crippen LogP contribution in [0.3, 0.4) is 0 Å². The third-order valence-electron chi connectivity index (χ3n) is 4.13. The van der Waals surface area contributed by atoms with Gasteiger partial charge in [-0.15, -0.1) is 7.26 Å². The van der Waals surface area contributed by atoms with Gasteiger partial charge < -0.3 is 10.2 Å². The number of aliphatic carboxylic acids is 2. The molecule has 0 bridgehead atoms. The van der Waals surface area contributed by atoms with Gasteiger partial charge in [0.25, 0.3) is 0 Å². The molecule has 0 spiro atoms. The first-order valence-corrected chi connectivity index (χ1v) is 11.7. The van der Waals surface area contributed by atoms with Gasteiger partial charge in [0.1, 0.15) is 0 Å². The number of hydrogen-bond donors (Lipinski definition) is 2. The van der Waals surface area contributed by atoms with Gasteiger partial charge in [0.05, 0.1) is 0 Å². The van der Waals surface area contributed by atoms with E-state index in [1.165, 1.54) is 51.4 Å². The van der Waals surface area contributed by atoms with Crippen molar-refractivity contribution in [2.75, 3.05) is 24.6 Å². The van der Waals surface area contributed by atoms with E-state index >= 15 is 0 Å². The smallest absolute Gasteiger partial charge is 0.414 e. The minimum atomic E-state index is -1.82. The summed E-state index contributed by atoms with van der Waals surface area (Å²) in [7, 11) is -0.562. The van der Waals surface area contributed by atoms with E-state index in [0.717, 1.165) is 0 Å². The average Bonchev–Trinajstić information content (AvgIpc) is 2.54. The van der Waals surface area contributed by atoms with Crippen LogP contribution in [0.2, 0.25) is 0 Å². The first kappa shape index (κ1) is 24.6. The van der Waals surface area contributed by atoms with Crippen molar-refractivity contribution in [3.63, 3.8) is 0 Å². The molecule has 0 aliphatic carbocycles. The van der Waals surface area contributed by atoms with Crippen molar-refractivity contribution in [1.29, 1.82) is 0 Å². The van der Waals surface area contributed by atoms with E-state index in [9.17, 15) is 0 Å². The highest BCUT2D eigenvalue weighted by atomic mass is 31.2. The van der Waals surface area contributed by atoms with E-state index in [0.29, 0.717) is 0 Å². The Hall–Kier alpha value is -0.630. The predicted molar refractivity (Wildman–Crippen MR) is 101 cm³/mol. The van der Waals surface area contributed by atoms with Gasteiger partial charge >= 0.3 is 11.9 Å². The Kier molecular flexibility index (Phi) is 17.4. The monoisotopic (exact) mass is 349 g/mol. The lowest BCUT2D eigenvalue weighted by atomic mass is 10.4. The molecule has 0 heterocycles. The summed E-state index contributed by atoms with van der Waals surface area (Å²) < 4.78 is 0. The van der Waals surface area contributed by atoms with Crippen LogP contribution < -0.4 is 0 Å².